The standard InChI is InChI=1S/C24H22O8/c1-29-19(25)11-13-21(27)31-23-15-7-3-5-9-17(15)24(18-10-6-4-8-16(18)23)32-22(28)14-12-20(26)30-2/h3-10H,11-14H2,1-2H3. The first kappa shape index (κ1) is 22.7. The number of fused-ring (bicyclic) bond motifs is 2. The van der Waals surface area contributed by atoms with Gasteiger partial charge in [0.2, 0.25) is 0 Å². The third kappa shape index (κ3) is 5.21. The normalized spacial score (nSPS) is 10.6. The lowest BCUT2D eigenvalue weighted by Gasteiger charge is -2.16. The van der Waals surface area contributed by atoms with Gasteiger partial charge in [0.1, 0.15) is 11.5 Å². The molecule has 0 atom stereocenters. The molecular formula is C24H22O8. The average Bonchev–Trinajstić information content (AvgIpc) is 2.82. The van der Waals surface area contributed by atoms with E-state index in [4.69, 9.17) is 9.47 Å². The highest BCUT2D eigenvalue weighted by atomic mass is 16.5. The van der Waals surface area contributed by atoms with Crippen molar-refractivity contribution in [1.82, 2.24) is 0 Å². The number of carbonyl (C=O) groups is 4. The third-order valence-electron chi connectivity index (χ3n) is 4.79. The van der Waals surface area contributed by atoms with E-state index in [1.807, 2.05) is 0 Å². The highest BCUT2D eigenvalue weighted by molar-refractivity contribution is 6.12. The van der Waals surface area contributed by atoms with Crippen LogP contribution in [0.2, 0.25) is 0 Å². The Morgan fingerprint density at radius 1 is 0.531 bits per heavy atom. The molecule has 0 aliphatic carbocycles. The quantitative estimate of drug-likeness (QED) is 0.298. The van der Waals surface area contributed by atoms with Gasteiger partial charge in [-0.15, -0.1) is 0 Å². The van der Waals surface area contributed by atoms with Crippen LogP contribution >= 0.6 is 0 Å². The molecule has 166 valence electrons. The van der Waals surface area contributed by atoms with Crippen molar-refractivity contribution in [3.05, 3.63) is 48.5 Å². The molecule has 8 nitrogen and oxygen atoms in total. The molecular weight excluding hydrogens is 416 g/mol. The molecule has 3 rings (SSSR count). The zero-order valence-corrected chi connectivity index (χ0v) is 17.7. The minimum Gasteiger partial charge on any atom is -0.469 e. The van der Waals surface area contributed by atoms with Crippen molar-refractivity contribution in [1.29, 1.82) is 0 Å². The van der Waals surface area contributed by atoms with Gasteiger partial charge in [0.25, 0.3) is 0 Å². The molecule has 3 aromatic rings. The molecule has 0 aliphatic rings. The van der Waals surface area contributed by atoms with E-state index in [2.05, 4.69) is 9.47 Å². The Hall–Kier alpha value is -3.94. The minimum absolute atomic E-state index is 0.0961. The smallest absolute Gasteiger partial charge is 0.311 e. The van der Waals surface area contributed by atoms with E-state index in [0.29, 0.717) is 33.0 Å². The van der Waals surface area contributed by atoms with Gasteiger partial charge < -0.3 is 18.9 Å². The van der Waals surface area contributed by atoms with Gasteiger partial charge in [-0.05, 0) is 0 Å². The van der Waals surface area contributed by atoms with Crippen LogP contribution in [0.4, 0.5) is 0 Å². The Morgan fingerprint density at radius 3 is 1.09 bits per heavy atom. The Balaban J connectivity index is 2.01. The molecule has 0 radical (unpaired) electrons. The van der Waals surface area contributed by atoms with Crippen LogP contribution in [0.25, 0.3) is 21.5 Å². The fourth-order valence-electron chi connectivity index (χ4n) is 3.21. The fraction of sp³-hybridized carbons (Fsp3) is 0.250. The highest BCUT2D eigenvalue weighted by Crippen LogP contribution is 2.43. The van der Waals surface area contributed by atoms with Crippen LogP contribution in [0.3, 0.4) is 0 Å². The van der Waals surface area contributed by atoms with Gasteiger partial charge in [0.15, 0.2) is 0 Å². The van der Waals surface area contributed by atoms with Crippen molar-refractivity contribution in [3.8, 4) is 11.5 Å². The first-order valence-electron chi connectivity index (χ1n) is 9.93. The lowest BCUT2D eigenvalue weighted by molar-refractivity contribution is -0.144. The predicted octanol–water partition coefficient (Wildman–Crippen LogP) is 3.71. The molecule has 0 unspecified atom stereocenters. The van der Waals surface area contributed by atoms with Gasteiger partial charge in [0.05, 0.1) is 39.9 Å². The summed E-state index contributed by atoms with van der Waals surface area (Å²) >= 11 is 0. The Kier molecular flexibility index (Phi) is 7.38. The molecule has 8 heteroatoms. The number of esters is 4. The van der Waals surface area contributed by atoms with Gasteiger partial charge in [-0.3, -0.25) is 19.2 Å². The number of carbonyl (C=O) groups excluding carboxylic acids is 4. The summed E-state index contributed by atoms with van der Waals surface area (Å²) in [6.45, 7) is 0. The molecule has 0 amide bonds. The number of rotatable bonds is 8. The summed E-state index contributed by atoms with van der Waals surface area (Å²) in [5.74, 6) is -1.58. The lowest BCUT2D eigenvalue weighted by Crippen LogP contribution is -2.13. The molecule has 0 saturated heterocycles. The van der Waals surface area contributed by atoms with Gasteiger partial charge >= 0.3 is 23.9 Å². The van der Waals surface area contributed by atoms with E-state index < -0.39 is 23.9 Å². The molecule has 0 bridgehead atoms. The van der Waals surface area contributed by atoms with E-state index in [-0.39, 0.29) is 25.7 Å². The number of methoxy groups -OCH3 is 2. The topological polar surface area (TPSA) is 105 Å². The highest BCUT2D eigenvalue weighted by Gasteiger charge is 2.20. The van der Waals surface area contributed by atoms with Gasteiger partial charge in [-0.2, -0.15) is 0 Å². The van der Waals surface area contributed by atoms with Gasteiger partial charge in [-0.1, -0.05) is 48.5 Å². The molecule has 0 N–H and O–H groups in total. The maximum Gasteiger partial charge on any atom is 0.311 e. The van der Waals surface area contributed by atoms with E-state index in [1.165, 1.54) is 14.2 Å². The zero-order valence-electron chi connectivity index (χ0n) is 17.7. The van der Waals surface area contributed by atoms with Crippen LogP contribution < -0.4 is 9.47 Å². The third-order valence-corrected chi connectivity index (χ3v) is 4.79. The summed E-state index contributed by atoms with van der Waals surface area (Å²) in [6.07, 6.45) is -0.471. The van der Waals surface area contributed by atoms with Crippen molar-refractivity contribution < 1.29 is 38.1 Å². The molecule has 0 saturated carbocycles. The van der Waals surface area contributed by atoms with Crippen molar-refractivity contribution in [2.45, 2.75) is 25.7 Å². The average molecular weight is 438 g/mol. The number of hydrogen-bond donors (Lipinski definition) is 0. The largest absolute Gasteiger partial charge is 0.469 e. The first-order chi connectivity index (χ1) is 15.4. The number of ether oxygens (including phenoxy) is 4. The van der Waals surface area contributed by atoms with Crippen LogP contribution in [-0.4, -0.2) is 38.1 Å². The lowest BCUT2D eigenvalue weighted by atomic mass is 10.0. The van der Waals surface area contributed by atoms with E-state index in [1.54, 1.807) is 48.5 Å². The maximum atomic E-state index is 12.4. The summed E-state index contributed by atoms with van der Waals surface area (Å²) < 4.78 is 20.4. The fourth-order valence-corrected chi connectivity index (χ4v) is 3.21. The zero-order chi connectivity index (χ0) is 23.1. The van der Waals surface area contributed by atoms with E-state index >= 15 is 0 Å². The predicted molar refractivity (Wildman–Crippen MR) is 115 cm³/mol. The molecule has 32 heavy (non-hydrogen) atoms. The van der Waals surface area contributed by atoms with Gasteiger partial charge in [-0.25, -0.2) is 0 Å². The molecule has 0 aromatic heterocycles. The summed E-state index contributed by atoms with van der Waals surface area (Å²) in [5.41, 5.74) is 0. The second-order valence-electron chi connectivity index (χ2n) is 6.85. The molecule has 0 aliphatic heterocycles. The minimum atomic E-state index is -0.589. The Bertz CT molecular complexity index is 1030. The monoisotopic (exact) mass is 438 g/mol. The SMILES string of the molecule is COC(=O)CCC(=O)Oc1c2ccccc2c(OC(=O)CCC(=O)OC)c2ccccc12. The summed E-state index contributed by atoms with van der Waals surface area (Å²) in [7, 11) is 2.50. The first-order valence-corrected chi connectivity index (χ1v) is 9.93. The number of hydrogen-bond acceptors (Lipinski definition) is 8. The van der Waals surface area contributed by atoms with E-state index in [0.717, 1.165) is 0 Å². The van der Waals surface area contributed by atoms with Crippen LogP contribution in [0.1, 0.15) is 25.7 Å². The van der Waals surface area contributed by atoms with Gasteiger partial charge in [0, 0.05) is 21.5 Å². The molecule has 0 heterocycles. The maximum absolute atomic E-state index is 12.4. The summed E-state index contributed by atoms with van der Waals surface area (Å²) in [4.78, 5) is 47.5. The molecule has 0 spiro atoms. The molecule has 3 aromatic carbocycles. The second kappa shape index (κ2) is 10.4. The second-order valence-corrected chi connectivity index (χ2v) is 6.85. The van der Waals surface area contributed by atoms with Crippen molar-refractivity contribution in [2.75, 3.05) is 14.2 Å². The Morgan fingerprint density at radius 2 is 0.812 bits per heavy atom. The van der Waals surface area contributed by atoms with Crippen molar-refractivity contribution >= 4 is 45.4 Å². The van der Waals surface area contributed by atoms with E-state index in [9.17, 15) is 19.2 Å². The Labute approximate surface area is 184 Å². The van der Waals surface area contributed by atoms with Crippen LogP contribution in [0.15, 0.2) is 48.5 Å². The number of benzene rings is 3. The van der Waals surface area contributed by atoms with Crippen LogP contribution in [-0.2, 0) is 28.7 Å². The summed E-state index contributed by atoms with van der Waals surface area (Å²) in [6, 6.07) is 14.1. The van der Waals surface area contributed by atoms with Crippen molar-refractivity contribution in [3.63, 3.8) is 0 Å². The molecule has 0 fully saturated rings. The van der Waals surface area contributed by atoms with Crippen LogP contribution in [0.5, 0.6) is 11.5 Å². The van der Waals surface area contributed by atoms with Crippen molar-refractivity contribution in [2.24, 2.45) is 0 Å². The summed E-state index contributed by atoms with van der Waals surface area (Å²) in [5, 5.41) is 2.25. The van der Waals surface area contributed by atoms with Crippen LogP contribution in [0, 0.1) is 0 Å².